The molecule has 0 saturated carbocycles. The highest BCUT2D eigenvalue weighted by molar-refractivity contribution is 6.31. The summed E-state index contributed by atoms with van der Waals surface area (Å²) in [6.07, 6.45) is 1.04. The number of aldehydes is 1. The summed E-state index contributed by atoms with van der Waals surface area (Å²) in [5.41, 5.74) is 5.07. The molecule has 0 aliphatic rings. The second kappa shape index (κ2) is 13.1. The van der Waals surface area contributed by atoms with Gasteiger partial charge in [0.2, 0.25) is 0 Å². The molecule has 1 amide bonds. The Hall–Kier alpha value is -4.94. The highest BCUT2D eigenvalue weighted by atomic mass is 35.5. The van der Waals surface area contributed by atoms with Crippen LogP contribution in [0, 0.1) is 0 Å². The zero-order valence-corrected chi connectivity index (χ0v) is 23.7. The van der Waals surface area contributed by atoms with Gasteiger partial charge in [0.15, 0.2) is 6.29 Å². The zero-order chi connectivity index (χ0) is 29.5. The quantitative estimate of drug-likeness (QED) is 0.137. The van der Waals surface area contributed by atoms with E-state index < -0.39 is 17.9 Å². The number of halogens is 1. The second-order valence-corrected chi connectivity index (χ2v) is 10.3. The van der Waals surface area contributed by atoms with Crippen molar-refractivity contribution in [1.29, 1.82) is 0 Å². The third-order valence-electron chi connectivity index (χ3n) is 7.11. The summed E-state index contributed by atoms with van der Waals surface area (Å²) in [6.45, 7) is 0.493. The minimum atomic E-state index is -0.928. The first-order valence-corrected chi connectivity index (χ1v) is 13.9. The standard InChI is InChI=1S/C35H29ClN2O4/c1-42-35(41)33(19-23-10-14-26(15-11-23)30-9-5-4-8-28(30)22-39)38-34(40)31-20-29(36)16-17-32(31)37-21-24-12-13-25-6-2-3-7-27(25)18-24/h2-18,20,22,33,37H,19,21H2,1H3,(H,38,40)/t33-/m0/s1. The molecule has 0 saturated heterocycles. The van der Waals surface area contributed by atoms with Gasteiger partial charge in [-0.1, -0.05) is 96.5 Å². The maximum atomic E-state index is 13.5. The molecule has 0 aromatic heterocycles. The number of nitrogens with one attached hydrogen (secondary N) is 2. The molecule has 42 heavy (non-hydrogen) atoms. The van der Waals surface area contributed by atoms with Crippen molar-refractivity contribution < 1.29 is 19.1 Å². The summed E-state index contributed by atoms with van der Waals surface area (Å²) in [4.78, 5) is 37.6. The van der Waals surface area contributed by atoms with Crippen molar-refractivity contribution in [2.45, 2.75) is 19.0 Å². The maximum absolute atomic E-state index is 13.5. The SMILES string of the molecule is COC(=O)[C@H](Cc1ccc(-c2ccccc2C=O)cc1)NC(=O)c1cc(Cl)ccc1NCc1ccc2ccccc2c1. The van der Waals surface area contributed by atoms with Crippen LogP contribution in [0.25, 0.3) is 21.9 Å². The number of esters is 1. The number of rotatable bonds is 10. The number of amides is 1. The van der Waals surface area contributed by atoms with Crippen molar-refractivity contribution in [3.05, 3.63) is 136 Å². The summed E-state index contributed by atoms with van der Waals surface area (Å²) < 4.78 is 5.00. The number of carbonyl (C=O) groups is 3. The van der Waals surface area contributed by atoms with E-state index >= 15 is 0 Å². The number of fused-ring (bicyclic) bond motifs is 1. The van der Waals surface area contributed by atoms with E-state index in [9.17, 15) is 14.4 Å². The molecule has 7 heteroatoms. The summed E-state index contributed by atoms with van der Waals surface area (Å²) in [7, 11) is 1.29. The van der Waals surface area contributed by atoms with Crippen LogP contribution in [-0.4, -0.2) is 31.3 Å². The molecule has 5 aromatic carbocycles. The Balaban J connectivity index is 1.32. The Labute approximate surface area is 249 Å². The van der Waals surface area contributed by atoms with E-state index in [1.54, 1.807) is 24.3 Å². The topological polar surface area (TPSA) is 84.5 Å². The fourth-order valence-electron chi connectivity index (χ4n) is 4.89. The number of carbonyl (C=O) groups excluding carboxylic acids is 3. The van der Waals surface area contributed by atoms with Crippen molar-refractivity contribution in [2.24, 2.45) is 0 Å². The van der Waals surface area contributed by atoms with Crippen LogP contribution >= 0.6 is 11.6 Å². The number of methoxy groups -OCH3 is 1. The van der Waals surface area contributed by atoms with Crippen LogP contribution in [-0.2, 0) is 22.5 Å². The van der Waals surface area contributed by atoms with Gasteiger partial charge in [-0.05, 0) is 57.3 Å². The van der Waals surface area contributed by atoms with E-state index in [2.05, 4.69) is 34.9 Å². The van der Waals surface area contributed by atoms with E-state index in [0.717, 1.165) is 39.3 Å². The molecule has 6 nitrogen and oxygen atoms in total. The smallest absolute Gasteiger partial charge is 0.328 e. The fraction of sp³-hybridized carbons (Fsp3) is 0.114. The van der Waals surface area contributed by atoms with Gasteiger partial charge < -0.3 is 15.4 Å². The fourth-order valence-corrected chi connectivity index (χ4v) is 5.07. The lowest BCUT2D eigenvalue weighted by Crippen LogP contribution is -2.43. The van der Waals surface area contributed by atoms with Gasteiger partial charge in [-0.25, -0.2) is 4.79 Å². The average molecular weight is 577 g/mol. The molecule has 0 aliphatic heterocycles. The number of anilines is 1. The van der Waals surface area contributed by atoms with Crippen LogP contribution in [0.15, 0.2) is 109 Å². The average Bonchev–Trinajstić information content (AvgIpc) is 3.03. The van der Waals surface area contributed by atoms with E-state index in [-0.39, 0.29) is 6.42 Å². The first kappa shape index (κ1) is 28.6. The molecule has 0 bridgehead atoms. The third kappa shape index (κ3) is 6.67. The molecule has 0 radical (unpaired) electrons. The van der Waals surface area contributed by atoms with Crippen LogP contribution < -0.4 is 10.6 Å². The van der Waals surface area contributed by atoms with Crippen molar-refractivity contribution in [2.75, 3.05) is 12.4 Å². The lowest BCUT2D eigenvalue weighted by molar-refractivity contribution is -0.142. The Morgan fingerprint density at radius 3 is 2.31 bits per heavy atom. The Morgan fingerprint density at radius 2 is 1.55 bits per heavy atom. The number of hydrogen-bond donors (Lipinski definition) is 2. The van der Waals surface area contributed by atoms with Crippen LogP contribution in [0.4, 0.5) is 5.69 Å². The van der Waals surface area contributed by atoms with Gasteiger partial charge in [0.1, 0.15) is 6.04 Å². The van der Waals surface area contributed by atoms with Gasteiger partial charge in [-0.15, -0.1) is 0 Å². The number of benzene rings is 5. The van der Waals surface area contributed by atoms with Crippen LogP contribution in [0.2, 0.25) is 5.02 Å². The number of ether oxygens (including phenoxy) is 1. The first-order valence-electron chi connectivity index (χ1n) is 13.5. The van der Waals surface area contributed by atoms with E-state index in [1.807, 2.05) is 60.7 Å². The molecule has 0 heterocycles. The molecule has 5 rings (SSSR count). The zero-order valence-electron chi connectivity index (χ0n) is 23.0. The normalized spacial score (nSPS) is 11.5. The van der Waals surface area contributed by atoms with Crippen molar-refractivity contribution >= 4 is 46.2 Å². The summed E-state index contributed by atoms with van der Waals surface area (Å²) in [5.74, 6) is -1.02. The first-order chi connectivity index (χ1) is 20.4. The Bertz CT molecular complexity index is 1750. The van der Waals surface area contributed by atoms with Crippen molar-refractivity contribution in [3.8, 4) is 11.1 Å². The highest BCUT2D eigenvalue weighted by Crippen LogP contribution is 2.25. The van der Waals surface area contributed by atoms with Gasteiger partial charge in [-0.2, -0.15) is 0 Å². The van der Waals surface area contributed by atoms with Crippen molar-refractivity contribution in [1.82, 2.24) is 5.32 Å². The summed E-state index contributed by atoms with van der Waals surface area (Å²) >= 11 is 6.27. The predicted molar refractivity (Wildman–Crippen MR) is 167 cm³/mol. The molecule has 1 atom stereocenters. The highest BCUT2D eigenvalue weighted by Gasteiger charge is 2.24. The molecule has 0 fully saturated rings. The van der Waals surface area contributed by atoms with Crippen molar-refractivity contribution in [3.63, 3.8) is 0 Å². The minimum Gasteiger partial charge on any atom is -0.467 e. The Kier molecular flexibility index (Phi) is 8.95. The van der Waals surface area contributed by atoms with E-state index in [4.69, 9.17) is 16.3 Å². The predicted octanol–water partition coefficient (Wildman–Crippen LogP) is 7.10. The molecule has 5 aromatic rings. The maximum Gasteiger partial charge on any atom is 0.328 e. The molecule has 210 valence electrons. The molecular weight excluding hydrogens is 548 g/mol. The minimum absolute atomic E-state index is 0.217. The monoisotopic (exact) mass is 576 g/mol. The van der Waals surface area contributed by atoms with Crippen LogP contribution in [0.5, 0.6) is 0 Å². The summed E-state index contributed by atoms with van der Waals surface area (Å²) in [5, 5.41) is 8.85. The molecular formula is C35H29ClN2O4. The molecule has 0 aliphatic carbocycles. The summed E-state index contributed by atoms with van der Waals surface area (Å²) in [6, 6.07) is 33.3. The van der Waals surface area contributed by atoms with Gasteiger partial charge in [-0.3, -0.25) is 9.59 Å². The van der Waals surface area contributed by atoms with E-state index in [1.165, 1.54) is 7.11 Å². The largest absolute Gasteiger partial charge is 0.467 e. The van der Waals surface area contributed by atoms with E-state index in [0.29, 0.717) is 28.4 Å². The second-order valence-electron chi connectivity index (χ2n) is 9.88. The van der Waals surface area contributed by atoms with Gasteiger partial charge in [0.25, 0.3) is 5.91 Å². The molecule has 0 spiro atoms. The number of hydrogen-bond acceptors (Lipinski definition) is 5. The van der Waals surface area contributed by atoms with Crippen LogP contribution in [0.3, 0.4) is 0 Å². The molecule has 2 N–H and O–H groups in total. The van der Waals surface area contributed by atoms with Gasteiger partial charge in [0, 0.05) is 29.2 Å². The lowest BCUT2D eigenvalue weighted by atomic mass is 9.97. The lowest BCUT2D eigenvalue weighted by Gasteiger charge is -2.19. The Morgan fingerprint density at radius 1 is 0.833 bits per heavy atom. The molecule has 0 unspecified atom stereocenters. The van der Waals surface area contributed by atoms with Crippen LogP contribution in [0.1, 0.15) is 31.8 Å². The third-order valence-corrected chi connectivity index (χ3v) is 7.34. The van der Waals surface area contributed by atoms with Gasteiger partial charge >= 0.3 is 5.97 Å². The van der Waals surface area contributed by atoms with Gasteiger partial charge in [0.05, 0.1) is 12.7 Å².